The Labute approximate surface area is 176 Å². The van der Waals surface area contributed by atoms with Gasteiger partial charge in [0.05, 0.1) is 4.90 Å². The number of fused-ring (bicyclic) bond motifs is 1. The van der Waals surface area contributed by atoms with Crippen LogP contribution in [0.5, 0.6) is 0 Å². The van der Waals surface area contributed by atoms with Crippen LogP contribution >= 0.6 is 11.3 Å². The van der Waals surface area contributed by atoms with Crippen molar-refractivity contribution in [2.75, 3.05) is 0 Å². The van der Waals surface area contributed by atoms with Crippen molar-refractivity contribution in [3.8, 4) is 0 Å². The van der Waals surface area contributed by atoms with E-state index in [-0.39, 0.29) is 15.8 Å². The minimum absolute atomic E-state index is 0.0122. The van der Waals surface area contributed by atoms with E-state index in [4.69, 9.17) is 0 Å². The maximum atomic E-state index is 13.9. The van der Waals surface area contributed by atoms with Crippen molar-refractivity contribution in [2.24, 2.45) is 0 Å². The van der Waals surface area contributed by atoms with Crippen LogP contribution in [0.1, 0.15) is 16.1 Å². The Kier molecular flexibility index (Phi) is 5.17. The Bertz CT molecular complexity index is 1360. The van der Waals surface area contributed by atoms with Gasteiger partial charge in [-0.15, -0.1) is 11.3 Å². The molecule has 0 bridgehead atoms. The molecule has 30 heavy (non-hydrogen) atoms. The number of carboxylic acid groups (broad SMARTS) is 1. The summed E-state index contributed by atoms with van der Waals surface area (Å²) in [6.07, 6.45) is 1.82. The maximum absolute atomic E-state index is 13.9. The van der Waals surface area contributed by atoms with Crippen LogP contribution in [0.2, 0.25) is 0 Å². The number of carbonyl (C=O) groups is 1. The number of nitrogens with zero attached hydrogens (tertiary/aromatic N) is 2. The molecule has 154 valence electrons. The smallest absolute Gasteiger partial charge is 0.323 e. The Morgan fingerprint density at radius 3 is 2.63 bits per heavy atom. The van der Waals surface area contributed by atoms with E-state index >= 15 is 0 Å². The van der Waals surface area contributed by atoms with Crippen LogP contribution in [0.4, 0.5) is 4.39 Å². The molecule has 2 aromatic heterocycles. The Morgan fingerprint density at radius 1 is 1.20 bits per heavy atom. The number of aliphatic carboxylic acids is 1. The maximum Gasteiger partial charge on any atom is 0.323 e. The molecular weight excluding hydrogens is 427 g/mol. The first kappa shape index (κ1) is 20.2. The van der Waals surface area contributed by atoms with Crippen molar-refractivity contribution in [1.82, 2.24) is 9.55 Å². The molecule has 0 aliphatic heterocycles. The highest BCUT2D eigenvalue weighted by Crippen LogP contribution is 2.32. The molecule has 0 saturated carbocycles. The first-order valence-corrected chi connectivity index (χ1v) is 11.3. The van der Waals surface area contributed by atoms with E-state index in [1.807, 2.05) is 0 Å². The SMILES string of the molecule is Cc1c(Cc2cnc(S(=O)(=O)c3ccccc3)s2)c2cc(F)ccc2n1CC(=O)O. The average Bonchev–Trinajstić information content (AvgIpc) is 3.28. The van der Waals surface area contributed by atoms with E-state index < -0.39 is 21.6 Å². The molecular formula is C21H17FN2O4S2. The molecule has 2 aromatic carbocycles. The molecule has 0 aliphatic rings. The zero-order valence-corrected chi connectivity index (χ0v) is 17.5. The Hall–Kier alpha value is -3.04. The molecule has 2 heterocycles. The van der Waals surface area contributed by atoms with Crippen LogP contribution < -0.4 is 0 Å². The fourth-order valence-electron chi connectivity index (χ4n) is 3.46. The van der Waals surface area contributed by atoms with E-state index in [2.05, 4.69) is 4.98 Å². The number of hydrogen-bond donors (Lipinski definition) is 1. The summed E-state index contributed by atoms with van der Waals surface area (Å²) in [5, 5.41) is 9.84. The number of rotatable bonds is 6. The molecule has 6 nitrogen and oxygen atoms in total. The van der Waals surface area contributed by atoms with Gasteiger partial charge in [-0.2, -0.15) is 0 Å². The fraction of sp³-hybridized carbons (Fsp3) is 0.143. The molecule has 0 radical (unpaired) electrons. The zero-order valence-electron chi connectivity index (χ0n) is 15.9. The van der Waals surface area contributed by atoms with Crippen LogP contribution in [-0.2, 0) is 27.6 Å². The normalized spacial score (nSPS) is 11.8. The van der Waals surface area contributed by atoms with Gasteiger partial charge < -0.3 is 9.67 Å². The number of thiazole rings is 1. The van der Waals surface area contributed by atoms with E-state index in [1.165, 1.54) is 30.5 Å². The van der Waals surface area contributed by atoms with Crippen molar-refractivity contribution >= 4 is 38.0 Å². The number of benzene rings is 2. The molecule has 0 atom stereocenters. The molecule has 0 fully saturated rings. The van der Waals surface area contributed by atoms with Crippen molar-refractivity contribution < 1.29 is 22.7 Å². The summed E-state index contributed by atoms with van der Waals surface area (Å²) in [7, 11) is -3.72. The lowest BCUT2D eigenvalue weighted by atomic mass is 10.1. The van der Waals surface area contributed by atoms with Gasteiger partial charge in [0, 0.05) is 34.1 Å². The predicted molar refractivity (Wildman–Crippen MR) is 111 cm³/mol. The third-order valence-electron chi connectivity index (χ3n) is 4.88. The number of carboxylic acids is 1. The van der Waals surface area contributed by atoms with Gasteiger partial charge in [0.2, 0.25) is 14.2 Å². The van der Waals surface area contributed by atoms with Crippen molar-refractivity contribution in [1.29, 1.82) is 0 Å². The molecule has 1 N–H and O–H groups in total. The quantitative estimate of drug-likeness (QED) is 0.485. The standard InChI is InChI=1S/C21H17FN2O4S2/c1-13-17(18-9-14(22)7-8-19(18)24(13)12-20(25)26)10-15-11-23-21(29-15)30(27,28)16-5-3-2-4-6-16/h2-9,11H,10,12H2,1H3,(H,25,26). The van der Waals surface area contributed by atoms with Gasteiger partial charge in [0.15, 0.2) is 0 Å². The predicted octanol–water partition coefficient (Wildman–Crippen LogP) is 4.05. The van der Waals surface area contributed by atoms with Gasteiger partial charge in [-0.3, -0.25) is 4.79 Å². The Balaban J connectivity index is 1.75. The number of halogens is 1. The van der Waals surface area contributed by atoms with E-state index in [9.17, 15) is 22.7 Å². The lowest BCUT2D eigenvalue weighted by molar-refractivity contribution is -0.137. The lowest BCUT2D eigenvalue weighted by Crippen LogP contribution is -2.10. The van der Waals surface area contributed by atoms with Gasteiger partial charge in [0.1, 0.15) is 12.4 Å². The first-order valence-electron chi connectivity index (χ1n) is 9.01. The molecule has 0 unspecified atom stereocenters. The van der Waals surface area contributed by atoms with Gasteiger partial charge >= 0.3 is 5.97 Å². The summed E-state index contributed by atoms with van der Waals surface area (Å²) in [6.45, 7) is 1.53. The molecule has 4 aromatic rings. The minimum atomic E-state index is -3.72. The second kappa shape index (κ2) is 7.66. The lowest BCUT2D eigenvalue weighted by Gasteiger charge is -2.05. The highest BCUT2D eigenvalue weighted by atomic mass is 32.2. The van der Waals surface area contributed by atoms with Crippen LogP contribution in [0, 0.1) is 12.7 Å². The van der Waals surface area contributed by atoms with Crippen molar-refractivity contribution in [2.45, 2.75) is 29.1 Å². The summed E-state index contributed by atoms with van der Waals surface area (Å²) < 4.78 is 41.1. The van der Waals surface area contributed by atoms with Crippen LogP contribution in [-0.4, -0.2) is 29.0 Å². The van der Waals surface area contributed by atoms with Gasteiger partial charge in [-0.1, -0.05) is 18.2 Å². The molecule has 9 heteroatoms. The minimum Gasteiger partial charge on any atom is -0.480 e. The van der Waals surface area contributed by atoms with Gasteiger partial charge in [-0.05, 0) is 42.8 Å². The first-order chi connectivity index (χ1) is 14.3. The Morgan fingerprint density at radius 2 is 1.93 bits per heavy atom. The highest BCUT2D eigenvalue weighted by Gasteiger charge is 2.23. The third kappa shape index (κ3) is 3.61. The van der Waals surface area contributed by atoms with Crippen molar-refractivity contribution in [3.05, 3.63) is 76.7 Å². The molecule has 0 saturated heterocycles. The molecule has 0 amide bonds. The zero-order chi connectivity index (χ0) is 21.5. The number of aromatic nitrogens is 2. The molecule has 0 aliphatic carbocycles. The van der Waals surface area contributed by atoms with E-state index in [0.29, 0.717) is 27.9 Å². The second-order valence-electron chi connectivity index (χ2n) is 6.79. The van der Waals surface area contributed by atoms with Gasteiger partial charge in [0.25, 0.3) is 0 Å². The fourth-order valence-corrected chi connectivity index (χ4v) is 6.06. The van der Waals surface area contributed by atoms with E-state index in [1.54, 1.807) is 35.8 Å². The average molecular weight is 445 g/mol. The van der Waals surface area contributed by atoms with Crippen LogP contribution in [0.3, 0.4) is 0 Å². The number of hydrogen-bond acceptors (Lipinski definition) is 5. The third-order valence-corrected chi connectivity index (χ3v) is 8.03. The van der Waals surface area contributed by atoms with Crippen LogP contribution in [0.25, 0.3) is 10.9 Å². The summed E-state index contributed by atoms with van der Waals surface area (Å²) in [6, 6.07) is 12.3. The van der Waals surface area contributed by atoms with E-state index in [0.717, 1.165) is 16.9 Å². The van der Waals surface area contributed by atoms with Gasteiger partial charge in [-0.25, -0.2) is 17.8 Å². The molecule has 4 rings (SSSR count). The molecule has 0 spiro atoms. The largest absolute Gasteiger partial charge is 0.480 e. The summed E-state index contributed by atoms with van der Waals surface area (Å²) in [4.78, 5) is 16.2. The number of sulfone groups is 1. The second-order valence-corrected chi connectivity index (χ2v) is 10.0. The monoisotopic (exact) mass is 444 g/mol. The summed E-state index contributed by atoms with van der Waals surface area (Å²) in [5.74, 6) is -1.42. The topological polar surface area (TPSA) is 89.3 Å². The van der Waals surface area contributed by atoms with Crippen LogP contribution in [0.15, 0.2) is 64.0 Å². The summed E-state index contributed by atoms with van der Waals surface area (Å²) >= 11 is 1.06. The van der Waals surface area contributed by atoms with Crippen molar-refractivity contribution in [3.63, 3.8) is 0 Å². The summed E-state index contributed by atoms with van der Waals surface area (Å²) in [5.41, 5.74) is 2.06. The highest BCUT2D eigenvalue weighted by molar-refractivity contribution is 7.93.